The van der Waals surface area contributed by atoms with Gasteiger partial charge >= 0.3 is 0 Å². The standard InChI is InChI=1S/C20H25N5O2/c1-13-12-18(25-20(21-13)24-15-6-4-3-5-7-15)19(27)23-17-10-8-16(9-11-17)22-14(2)26/h8-12,15H,3-7H2,1-2H3,(H,22,26)(H,23,27)(H,21,24,25). The zero-order valence-corrected chi connectivity index (χ0v) is 15.7. The van der Waals surface area contributed by atoms with Gasteiger partial charge in [0.25, 0.3) is 5.91 Å². The van der Waals surface area contributed by atoms with E-state index in [4.69, 9.17) is 0 Å². The van der Waals surface area contributed by atoms with Crippen LogP contribution in [0.3, 0.4) is 0 Å². The number of carbonyl (C=O) groups is 2. The largest absolute Gasteiger partial charge is 0.351 e. The number of aryl methyl sites for hydroxylation is 1. The Hall–Kier alpha value is -2.96. The van der Waals surface area contributed by atoms with Gasteiger partial charge in [0.2, 0.25) is 11.9 Å². The highest BCUT2D eigenvalue weighted by Crippen LogP contribution is 2.21. The molecule has 7 nitrogen and oxygen atoms in total. The molecule has 0 unspecified atom stereocenters. The van der Waals surface area contributed by atoms with Crippen LogP contribution in [0.5, 0.6) is 0 Å². The van der Waals surface area contributed by atoms with E-state index in [9.17, 15) is 9.59 Å². The molecule has 142 valence electrons. The summed E-state index contributed by atoms with van der Waals surface area (Å²) in [5.41, 5.74) is 2.38. The maximum absolute atomic E-state index is 12.6. The van der Waals surface area contributed by atoms with E-state index in [0.29, 0.717) is 29.1 Å². The van der Waals surface area contributed by atoms with E-state index >= 15 is 0 Å². The van der Waals surface area contributed by atoms with Gasteiger partial charge in [-0.2, -0.15) is 0 Å². The second-order valence-electron chi connectivity index (χ2n) is 6.91. The Balaban J connectivity index is 1.67. The number of carbonyl (C=O) groups excluding carboxylic acids is 2. The molecule has 1 aliphatic rings. The molecule has 27 heavy (non-hydrogen) atoms. The first kappa shape index (κ1) is 18.8. The van der Waals surface area contributed by atoms with Gasteiger partial charge in [0.1, 0.15) is 5.69 Å². The zero-order chi connectivity index (χ0) is 19.2. The van der Waals surface area contributed by atoms with Crippen LogP contribution in [0.2, 0.25) is 0 Å². The van der Waals surface area contributed by atoms with E-state index in [1.165, 1.54) is 26.2 Å². The molecule has 0 bridgehead atoms. The van der Waals surface area contributed by atoms with E-state index in [2.05, 4.69) is 25.9 Å². The molecule has 1 heterocycles. The topological polar surface area (TPSA) is 96.0 Å². The quantitative estimate of drug-likeness (QED) is 0.748. The van der Waals surface area contributed by atoms with Crippen LogP contribution in [0.1, 0.15) is 55.2 Å². The van der Waals surface area contributed by atoms with Gasteiger partial charge in [0, 0.05) is 30.0 Å². The molecule has 2 aromatic rings. The van der Waals surface area contributed by atoms with Crippen molar-refractivity contribution in [3.8, 4) is 0 Å². The molecule has 3 rings (SSSR count). The minimum atomic E-state index is -0.292. The van der Waals surface area contributed by atoms with E-state index in [1.54, 1.807) is 30.3 Å². The molecule has 0 aliphatic heterocycles. The molecule has 0 spiro atoms. The van der Waals surface area contributed by atoms with E-state index in [1.807, 2.05) is 6.92 Å². The number of nitrogens with one attached hydrogen (secondary N) is 3. The number of hydrogen-bond donors (Lipinski definition) is 3. The SMILES string of the molecule is CC(=O)Nc1ccc(NC(=O)c2cc(C)nc(NC3CCCCC3)n2)cc1. The summed E-state index contributed by atoms with van der Waals surface area (Å²) in [5.74, 6) is 0.0776. The molecule has 2 amide bonds. The Morgan fingerprint density at radius 1 is 0.963 bits per heavy atom. The van der Waals surface area contributed by atoms with Crippen LogP contribution in [0, 0.1) is 6.92 Å². The average Bonchev–Trinajstić information content (AvgIpc) is 2.63. The molecule has 0 atom stereocenters. The maximum Gasteiger partial charge on any atom is 0.274 e. The molecular formula is C20H25N5O2. The maximum atomic E-state index is 12.6. The van der Waals surface area contributed by atoms with Crippen molar-refractivity contribution >= 4 is 29.1 Å². The summed E-state index contributed by atoms with van der Waals surface area (Å²) in [6.07, 6.45) is 5.93. The number of nitrogens with zero attached hydrogens (tertiary/aromatic N) is 2. The lowest BCUT2D eigenvalue weighted by Crippen LogP contribution is -2.24. The summed E-state index contributed by atoms with van der Waals surface area (Å²) in [6.45, 7) is 3.30. The first-order chi connectivity index (χ1) is 13.0. The first-order valence-electron chi connectivity index (χ1n) is 9.31. The summed E-state index contributed by atoms with van der Waals surface area (Å²) < 4.78 is 0. The molecule has 0 saturated heterocycles. The number of hydrogen-bond acceptors (Lipinski definition) is 5. The predicted molar refractivity (Wildman–Crippen MR) is 106 cm³/mol. The minimum Gasteiger partial charge on any atom is -0.351 e. The van der Waals surface area contributed by atoms with E-state index in [0.717, 1.165) is 18.5 Å². The molecule has 7 heteroatoms. The molecule has 1 aromatic carbocycles. The summed E-state index contributed by atoms with van der Waals surface area (Å²) in [7, 11) is 0. The van der Waals surface area contributed by atoms with Gasteiger partial charge in [-0.05, 0) is 50.1 Å². The number of anilines is 3. The minimum absolute atomic E-state index is 0.138. The van der Waals surface area contributed by atoms with Crippen molar-refractivity contribution in [3.63, 3.8) is 0 Å². The van der Waals surface area contributed by atoms with E-state index < -0.39 is 0 Å². The van der Waals surface area contributed by atoms with Gasteiger partial charge in [0.15, 0.2) is 0 Å². The van der Waals surface area contributed by atoms with Gasteiger partial charge < -0.3 is 16.0 Å². The van der Waals surface area contributed by atoms with Gasteiger partial charge in [0.05, 0.1) is 0 Å². The van der Waals surface area contributed by atoms with Gasteiger partial charge in [-0.25, -0.2) is 9.97 Å². The van der Waals surface area contributed by atoms with Gasteiger partial charge in [-0.15, -0.1) is 0 Å². The Morgan fingerprint density at radius 2 is 1.59 bits per heavy atom. The number of amides is 2. The fourth-order valence-corrected chi connectivity index (χ4v) is 3.21. The summed E-state index contributed by atoms with van der Waals surface area (Å²) in [4.78, 5) is 32.4. The van der Waals surface area contributed by atoms with Gasteiger partial charge in [-0.1, -0.05) is 19.3 Å². The van der Waals surface area contributed by atoms with Crippen LogP contribution in [0.4, 0.5) is 17.3 Å². The fraction of sp³-hybridized carbons (Fsp3) is 0.400. The Morgan fingerprint density at radius 3 is 2.22 bits per heavy atom. The lowest BCUT2D eigenvalue weighted by Gasteiger charge is -2.23. The van der Waals surface area contributed by atoms with Crippen LogP contribution in [0.15, 0.2) is 30.3 Å². The Labute approximate surface area is 159 Å². The smallest absolute Gasteiger partial charge is 0.274 e. The lowest BCUT2D eigenvalue weighted by molar-refractivity contribution is -0.114. The molecular weight excluding hydrogens is 342 g/mol. The Bertz CT molecular complexity index is 814. The predicted octanol–water partition coefficient (Wildman–Crippen LogP) is 3.74. The lowest BCUT2D eigenvalue weighted by atomic mass is 9.96. The van der Waals surface area contributed by atoms with Crippen molar-refractivity contribution in [2.24, 2.45) is 0 Å². The van der Waals surface area contributed by atoms with Crippen LogP contribution >= 0.6 is 0 Å². The summed E-state index contributed by atoms with van der Waals surface area (Å²) in [5, 5.41) is 8.88. The molecule has 1 fully saturated rings. The number of aromatic nitrogens is 2. The third-order valence-corrected chi connectivity index (χ3v) is 4.49. The first-order valence-corrected chi connectivity index (χ1v) is 9.31. The van der Waals surface area contributed by atoms with Crippen molar-refractivity contribution in [3.05, 3.63) is 41.7 Å². The Kier molecular flexibility index (Phi) is 6.01. The van der Waals surface area contributed by atoms with Crippen molar-refractivity contribution in [2.45, 2.75) is 52.0 Å². The molecule has 1 aliphatic carbocycles. The second kappa shape index (κ2) is 8.62. The molecule has 1 aromatic heterocycles. The number of benzene rings is 1. The highest BCUT2D eigenvalue weighted by atomic mass is 16.2. The molecule has 3 N–H and O–H groups in total. The third kappa shape index (κ3) is 5.51. The monoisotopic (exact) mass is 367 g/mol. The van der Waals surface area contributed by atoms with Crippen molar-refractivity contribution < 1.29 is 9.59 Å². The van der Waals surface area contributed by atoms with Crippen LogP contribution in [-0.4, -0.2) is 27.8 Å². The third-order valence-electron chi connectivity index (χ3n) is 4.49. The molecule has 1 saturated carbocycles. The summed E-state index contributed by atoms with van der Waals surface area (Å²) >= 11 is 0. The van der Waals surface area contributed by atoms with E-state index in [-0.39, 0.29) is 11.8 Å². The van der Waals surface area contributed by atoms with Crippen LogP contribution < -0.4 is 16.0 Å². The average molecular weight is 367 g/mol. The fourth-order valence-electron chi connectivity index (χ4n) is 3.21. The van der Waals surface area contributed by atoms with Crippen LogP contribution in [0.25, 0.3) is 0 Å². The van der Waals surface area contributed by atoms with Gasteiger partial charge in [-0.3, -0.25) is 9.59 Å². The normalized spacial score (nSPS) is 14.4. The van der Waals surface area contributed by atoms with Crippen molar-refractivity contribution in [2.75, 3.05) is 16.0 Å². The summed E-state index contributed by atoms with van der Waals surface area (Å²) in [6, 6.07) is 8.98. The zero-order valence-electron chi connectivity index (χ0n) is 15.7. The van der Waals surface area contributed by atoms with Crippen LogP contribution in [-0.2, 0) is 4.79 Å². The molecule has 0 radical (unpaired) electrons. The number of rotatable bonds is 5. The van der Waals surface area contributed by atoms with Crippen molar-refractivity contribution in [1.82, 2.24) is 9.97 Å². The highest BCUT2D eigenvalue weighted by Gasteiger charge is 2.16. The second-order valence-corrected chi connectivity index (χ2v) is 6.91. The van der Waals surface area contributed by atoms with Crippen molar-refractivity contribution in [1.29, 1.82) is 0 Å². The highest BCUT2D eigenvalue weighted by molar-refractivity contribution is 6.03.